The summed E-state index contributed by atoms with van der Waals surface area (Å²) in [7, 11) is 1.21. The fourth-order valence-electron chi connectivity index (χ4n) is 2.30. The second-order valence-corrected chi connectivity index (χ2v) is 4.89. The lowest BCUT2D eigenvalue weighted by Gasteiger charge is -2.12. The molecule has 2 aromatic rings. The predicted molar refractivity (Wildman–Crippen MR) is 72.2 cm³/mol. The van der Waals surface area contributed by atoms with Crippen molar-refractivity contribution >= 4 is 22.6 Å². The maximum Gasteiger partial charge on any atom is 0.343 e. The van der Waals surface area contributed by atoms with E-state index in [2.05, 4.69) is 4.74 Å². The third-order valence-electron chi connectivity index (χ3n) is 3.50. The van der Waals surface area contributed by atoms with Crippen LogP contribution in [0, 0.1) is 5.82 Å². The van der Waals surface area contributed by atoms with Gasteiger partial charge in [0.1, 0.15) is 11.4 Å². The van der Waals surface area contributed by atoms with E-state index in [0.29, 0.717) is 5.52 Å². The first-order chi connectivity index (χ1) is 9.52. The second-order valence-electron chi connectivity index (χ2n) is 4.89. The number of esters is 1. The highest BCUT2D eigenvalue weighted by atomic mass is 19.1. The van der Waals surface area contributed by atoms with Crippen molar-refractivity contribution < 1.29 is 13.9 Å². The SMILES string of the molecule is COC(=O)c1cn(C2CC2)c2cc(N)c(F)cc2c1=O. The van der Waals surface area contributed by atoms with Gasteiger partial charge in [-0.25, -0.2) is 9.18 Å². The molecule has 3 rings (SSSR count). The zero-order valence-electron chi connectivity index (χ0n) is 10.9. The van der Waals surface area contributed by atoms with Crippen molar-refractivity contribution in [3.8, 4) is 0 Å². The van der Waals surface area contributed by atoms with E-state index < -0.39 is 17.2 Å². The average molecular weight is 276 g/mol. The predicted octanol–water partition coefficient (Wildman–Crippen LogP) is 1.84. The number of carbonyl (C=O) groups is 1. The number of pyridine rings is 1. The van der Waals surface area contributed by atoms with E-state index in [1.165, 1.54) is 19.4 Å². The van der Waals surface area contributed by atoms with Gasteiger partial charge < -0.3 is 15.0 Å². The van der Waals surface area contributed by atoms with E-state index in [-0.39, 0.29) is 22.7 Å². The Balaban J connectivity index is 2.40. The molecule has 0 bridgehead atoms. The summed E-state index contributed by atoms with van der Waals surface area (Å²) in [6, 6.07) is 2.73. The minimum atomic E-state index is -0.719. The normalized spacial score (nSPS) is 14.5. The molecular weight excluding hydrogens is 263 g/mol. The van der Waals surface area contributed by atoms with Crippen molar-refractivity contribution in [2.45, 2.75) is 18.9 Å². The summed E-state index contributed by atoms with van der Waals surface area (Å²) in [5.74, 6) is -1.39. The molecule has 0 unspecified atom stereocenters. The van der Waals surface area contributed by atoms with E-state index in [4.69, 9.17) is 5.73 Å². The first-order valence-electron chi connectivity index (χ1n) is 6.25. The molecule has 0 aliphatic heterocycles. The quantitative estimate of drug-likeness (QED) is 0.671. The standard InChI is InChI=1S/C14H13FN2O3/c1-20-14(19)9-6-17(7-2-3-7)12-5-11(16)10(15)4-8(12)13(9)18/h4-7H,2-3,16H2,1H3. The number of nitrogen functional groups attached to an aromatic ring is 1. The Morgan fingerprint density at radius 1 is 1.45 bits per heavy atom. The lowest BCUT2D eigenvalue weighted by Crippen LogP contribution is -2.20. The van der Waals surface area contributed by atoms with Crippen LogP contribution >= 0.6 is 0 Å². The molecular formula is C14H13FN2O3. The number of halogens is 1. The molecule has 1 aromatic carbocycles. The zero-order valence-corrected chi connectivity index (χ0v) is 10.9. The van der Waals surface area contributed by atoms with Gasteiger partial charge >= 0.3 is 5.97 Å². The lowest BCUT2D eigenvalue weighted by atomic mass is 10.1. The van der Waals surface area contributed by atoms with Crippen LogP contribution in [0.5, 0.6) is 0 Å². The number of methoxy groups -OCH3 is 1. The minimum Gasteiger partial charge on any atom is -0.465 e. The maximum atomic E-state index is 13.6. The minimum absolute atomic E-state index is 0.0166. The van der Waals surface area contributed by atoms with Crippen molar-refractivity contribution in [1.82, 2.24) is 4.57 Å². The van der Waals surface area contributed by atoms with Gasteiger partial charge in [0.15, 0.2) is 0 Å². The largest absolute Gasteiger partial charge is 0.465 e. The Morgan fingerprint density at radius 3 is 2.75 bits per heavy atom. The molecule has 2 N–H and O–H groups in total. The monoisotopic (exact) mass is 276 g/mol. The van der Waals surface area contributed by atoms with Crippen molar-refractivity contribution in [2.24, 2.45) is 0 Å². The fraction of sp³-hybridized carbons (Fsp3) is 0.286. The summed E-state index contributed by atoms with van der Waals surface area (Å²) in [6.07, 6.45) is 3.39. The molecule has 1 heterocycles. The summed E-state index contributed by atoms with van der Waals surface area (Å²) in [6.45, 7) is 0. The van der Waals surface area contributed by atoms with Crippen LogP contribution < -0.4 is 11.2 Å². The van der Waals surface area contributed by atoms with E-state index in [0.717, 1.165) is 18.9 Å². The molecule has 1 fully saturated rings. The molecule has 1 aliphatic rings. The van der Waals surface area contributed by atoms with E-state index in [9.17, 15) is 14.0 Å². The lowest BCUT2D eigenvalue weighted by molar-refractivity contribution is 0.0598. The second kappa shape index (κ2) is 4.33. The molecule has 0 amide bonds. The maximum absolute atomic E-state index is 13.6. The van der Waals surface area contributed by atoms with Gasteiger partial charge in [0.05, 0.1) is 18.3 Å². The molecule has 1 aromatic heterocycles. The van der Waals surface area contributed by atoms with Crippen molar-refractivity contribution in [2.75, 3.05) is 12.8 Å². The summed E-state index contributed by atoms with van der Waals surface area (Å²) in [5, 5.41) is 0.145. The number of fused-ring (bicyclic) bond motifs is 1. The Bertz CT molecular complexity index is 778. The molecule has 1 saturated carbocycles. The number of hydrogen-bond acceptors (Lipinski definition) is 4. The molecule has 1 aliphatic carbocycles. The van der Waals surface area contributed by atoms with E-state index in [1.54, 1.807) is 4.57 Å². The summed E-state index contributed by atoms with van der Waals surface area (Å²) < 4.78 is 20.0. The number of ether oxygens (including phenoxy) is 1. The van der Waals surface area contributed by atoms with Crippen LogP contribution in [0.2, 0.25) is 0 Å². The molecule has 20 heavy (non-hydrogen) atoms. The van der Waals surface area contributed by atoms with Gasteiger partial charge in [-0.15, -0.1) is 0 Å². The first-order valence-corrected chi connectivity index (χ1v) is 6.25. The highest BCUT2D eigenvalue weighted by Gasteiger charge is 2.27. The molecule has 5 nitrogen and oxygen atoms in total. The van der Waals surface area contributed by atoms with E-state index >= 15 is 0 Å². The van der Waals surface area contributed by atoms with Crippen molar-refractivity contribution in [3.05, 3.63) is 39.9 Å². The first kappa shape index (κ1) is 12.7. The number of carbonyl (C=O) groups excluding carboxylic acids is 1. The third-order valence-corrected chi connectivity index (χ3v) is 3.50. The van der Waals surface area contributed by atoms with Gasteiger partial charge in [0, 0.05) is 17.6 Å². The molecule has 6 heteroatoms. The summed E-state index contributed by atoms with van der Waals surface area (Å²) in [4.78, 5) is 23.9. The zero-order chi connectivity index (χ0) is 14.4. The van der Waals surface area contributed by atoms with Crippen LogP contribution in [0.1, 0.15) is 29.2 Å². The Morgan fingerprint density at radius 2 is 2.15 bits per heavy atom. The van der Waals surface area contributed by atoms with Crippen LogP contribution in [0.15, 0.2) is 23.1 Å². The van der Waals surface area contributed by atoms with Crippen LogP contribution in [0.3, 0.4) is 0 Å². The average Bonchev–Trinajstić information content (AvgIpc) is 3.25. The number of benzene rings is 1. The van der Waals surface area contributed by atoms with E-state index in [1.807, 2.05) is 0 Å². The number of aromatic nitrogens is 1. The number of nitrogens with zero attached hydrogens (tertiary/aromatic N) is 1. The number of rotatable bonds is 2. The Labute approximate surface area is 113 Å². The smallest absolute Gasteiger partial charge is 0.343 e. The Kier molecular flexibility index (Phi) is 2.74. The van der Waals surface area contributed by atoms with Crippen molar-refractivity contribution in [3.63, 3.8) is 0 Å². The van der Waals surface area contributed by atoms with Gasteiger partial charge in [-0.2, -0.15) is 0 Å². The molecule has 0 atom stereocenters. The van der Waals surface area contributed by atoms with Gasteiger partial charge in [-0.1, -0.05) is 0 Å². The van der Waals surface area contributed by atoms with Crippen LogP contribution in [0.25, 0.3) is 10.9 Å². The molecule has 0 radical (unpaired) electrons. The molecule has 104 valence electrons. The number of nitrogens with two attached hydrogens (primary N) is 1. The molecule has 0 spiro atoms. The van der Waals surface area contributed by atoms with Gasteiger partial charge in [-0.3, -0.25) is 4.79 Å². The van der Waals surface area contributed by atoms with Crippen LogP contribution in [-0.2, 0) is 4.74 Å². The van der Waals surface area contributed by atoms with Crippen LogP contribution in [-0.4, -0.2) is 17.6 Å². The highest BCUT2D eigenvalue weighted by molar-refractivity contribution is 5.94. The molecule has 0 saturated heterocycles. The van der Waals surface area contributed by atoms with Crippen LogP contribution in [0.4, 0.5) is 10.1 Å². The van der Waals surface area contributed by atoms with Gasteiger partial charge in [0.2, 0.25) is 5.43 Å². The summed E-state index contributed by atoms with van der Waals surface area (Å²) in [5.41, 5.74) is 5.47. The van der Waals surface area contributed by atoms with Gasteiger partial charge in [0.25, 0.3) is 0 Å². The third kappa shape index (κ3) is 1.84. The summed E-state index contributed by atoms with van der Waals surface area (Å²) >= 11 is 0. The Hall–Kier alpha value is -2.37. The number of hydrogen-bond donors (Lipinski definition) is 1. The topological polar surface area (TPSA) is 74.3 Å². The number of anilines is 1. The highest BCUT2D eigenvalue weighted by Crippen LogP contribution is 2.37. The van der Waals surface area contributed by atoms with Crippen molar-refractivity contribution in [1.29, 1.82) is 0 Å². The van der Waals surface area contributed by atoms with Gasteiger partial charge in [-0.05, 0) is 25.0 Å². The fourth-order valence-corrected chi connectivity index (χ4v) is 2.30.